The lowest BCUT2D eigenvalue weighted by Crippen LogP contribution is -2.28. The van der Waals surface area contributed by atoms with Gasteiger partial charge in [-0.3, -0.25) is 0 Å². The Labute approximate surface area is 110 Å². The highest BCUT2D eigenvalue weighted by atomic mass is 32.2. The maximum absolute atomic E-state index is 6.02. The Bertz CT molecular complexity index is 368. The van der Waals surface area contributed by atoms with Crippen molar-refractivity contribution in [3.05, 3.63) is 17.7 Å². The maximum Gasteiger partial charge on any atom is 0.163 e. The van der Waals surface area contributed by atoms with Crippen LogP contribution in [-0.4, -0.2) is 17.6 Å². The first-order valence-corrected chi connectivity index (χ1v) is 7.48. The maximum atomic E-state index is 6.02. The molecule has 88 valence electrons. The molecule has 0 heterocycles. The number of rotatable bonds is 4. The van der Waals surface area contributed by atoms with Gasteiger partial charge in [0.25, 0.3) is 0 Å². The molecule has 0 aromatic heterocycles. The monoisotopic (exact) mass is 273 g/mol. The Kier molecular flexibility index (Phi) is 5.24. The van der Waals surface area contributed by atoms with E-state index in [1.165, 1.54) is 0 Å². The molecule has 0 saturated carbocycles. The number of thiocarbonyl (C=S) groups is 1. The molecule has 0 saturated heterocycles. The van der Waals surface area contributed by atoms with Gasteiger partial charge >= 0.3 is 0 Å². The Morgan fingerprint density at radius 1 is 1.31 bits per heavy atom. The van der Waals surface area contributed by atoms with Crippen LogP contribution in [0.2, 0.25) is 0 Å². The zero-order chi connectivity index (χ0) is 12.1. The second-order valence-electron chi connectivity index (χ2n) is 3.13. The molecule has 0 aliphatic heterocycles. The Balaban J connectivity index is 2.97. The second kappa shape index (κ2) is 6.22. The summed E-state index contributed by atoms with van der Waals surface area (Å²) in [6, 6.07) is 4.12. The lowest BCUT2D eigenvalue weighted by atomic mass is 10.2. The van der Waals surface area contributed by atoms with Gasteiger partial charge in [-0.25, -0.2) is 0 Å². The smallest absolute Gasteiger partial charge is 0.163 e. The summed E-state index contributed by atoms with van der Waals surface area (Å²) in [5.74, 6) is 0. The number of thioether (sulfide) groups is 2. The molecule has 0 aliphatic carbocycles. The van der Waals surface area contributed by atoms with E-state index in [1.54, 1.807) is 23.5 Å². The number of nitrogens with two attached hydrogens (primary N) is 2. The minimum Gasteiger partial charge on any atom is -0.397 e. The highest BCUT2D eigenvalue weighted by Crippen LogP contribution is 2.33. The molecule has 1 rings (SSSR count). The van der Waals surface area contributed by atoms with Crippen molar-refractivity contribution in [2.45, 2.75) is 16.3 Å². The molecule has 0 fully saturated rings. The number of benzene rings is 1. The van der Waals surface area contributed by atoms with Gasteiger partial charge in [0, 0.05) is 16.3 Å². The number of hydrogen-bond acceptors (Lipinski definition) is 4. The summed E-state index contributed by atoms with van der Waals surface area (Å²) < 4.78 is 0. The molecule has 0 radical (unpaired) electrons. The van der Waals surface area contributed by atoms with Crippen molar-refractivity contribution in [3.8, 4) is 0 Å². The fourth-order valence-corrected chi connectivity index (χ4v) is 2.62. The van der Waals surface area contributed by atoms with Gasteiger partial charge in [0.1, 0.15) is 0 Å². The number of nitrogens with one attached hydrogen (secondary N) is 1. The molecule has 3 nitrogen and oxygen atoms in total. The van der Waals surface area contributed by atoms with E-state index in [4.69, 9.17) is 23.7 Å². The molecule has 1 aromatic rings. The van der Waals surface area contributed by atoms with Crippen LogP contribution in [0.1, 0.15) is 5.56 Å². The third kappa shape index (κ3) is 3.47. The first-order valence-electron chi connectivity index (χ1n) is 4.62. The standard InChI is InChI=1S/C10H15N3S3/c1-15-7-3-6(5-13-10(12)14)4-8(16-2)9(7)11/h3-4H,5,11H2,1-2H3,(H3,12,13,14). The lowest BCUT2D eigenvalue weighted by Gasteiger charge is -2.11. The first kappa shape index (κ1) is 13.5. The number of anilines is 1. The van der Waals surface area contributed by atoms with E-state index in [9.17, 15) is 0 Å². The van der Waals surface area contributed by atoms with Crippen LogP contribution in [0, 0.1) is 0 Å². The van der Waals surface area contributed by atoms with Crippen molar-refractivity contribution >= 4 is 46.5 Å². The Morgan fingerprint density at radius 2 is 1.81 bits per heavy atom. The van der Waals surface area contributed by atoms with Crippen LogP contribution in [0.3, 0.4) is 0 Å². The van der Waals surface area contributed by atoms with Gasteiger partial charge in [0.2, 0.25) is 0 Å². The first-order chi connectivity index (χ1) is 7.58. The van der Waals surface area contributed by atoms with E-state index in [0.29, 0.717) is 11.7 Å². The van der Waals surface area contributed by atoms with Crippen LogP contribution >= 0.6 is 35.7 Å². The van der Waals surface area contributed by atoms with E-state index in [1.807, 2.05) is 12.5 Å². The van der Waals surface area contributed by atoms with Crippen molar-refractivity contribution in [2.75, 3.05) is 18.2 Å². The van der Waals surface area contributed by atoms with Gasteiger partial charge in [0.05, 0.1) is 5.69 Å². The van der Waals surface area contributed by atoms with Crippen LogP contribution in [0.5, 0.6) is 0 Å². The van der Waals surface area contributed by atoms with Gasteiger partial charge < -0.3 is 16.8 Å². The quantitative estimate of drug-likeness (QED) is 0.443. The summed E-state index contributed by atoms with van der Waals surface area (Å²) in [6.07, 6.45) is 4.03. The summed E-state index contributed by atoms with van der Waals surface area (Å²) in [6.45, 7) is 0.636. The average molecular weight is 273 g/mol. The Morgan fingerprint density at radius 3 is 2.19 bits per heavy atom. The van der Waals surface area contributed by atoms with Gasteiger partial charge in [-0.05, 0) is 42.4 Å². The normalized spacial score (nSPS) is 10.1. The van der Waals surface area contributed by atoms with Crippen LogP contribution < -0.4 is 16.8 Å². The van der Waals surface area contributed by atoms with E-state index in [2.05, 4.69) is 17.4 Å². The third-order valence-corrected chi connectivity index (χ3v) is 3.77. The topological polar surface area (TPSA) is 64.1 Å². The molecule has 5 N–H and O–H groups in total. The van der Waals surface area contributed by atoms with Crippen molar-refractivity contribution < 1.29 is 0 Å². The van der Waals surface area contributed by atoms with Crippen LogP contribution in [-0.2, 0) is 6.54 Å². The summed E-state index contributed by atoms with van der Waals surface area (Å²) >= 11 is 8.06. The van der Waals surface area contributed by atoms with E-state index < -0.39 is 0 Å². The van der Waals surface area contributed by atoms with Gasteiger partial charge in [-0.2, -0.15) is 0 Å². The molecule has 16 heavy (non-hydrogen) atoms. The molecule has 0 bridgehead atoms. The molecule has 0 spiro atoms. The number of hydrogen-bond donors (Lipinski definition) is 3. The summed E-state index contributed by atoms with van der Waals surface area (Å²) in [7, 11) is 0. The minimum absolute atomic E-state index is 0.313. The fourth-order valence-electron chi connectivity index (χ4n) is 1.28. The zero-order valence-electron chi connectivity index (χ0n) is 9.24. The predicted molar refractivity (Wildman–Crippen MR) is 78.0 cm³/mol. The molecular weight excluding hydrogens is 258 g/mol. The summed E-state index contributed by atoms with van der Waals surface area (Å²) in [4.78, 5) is 2.18. The predicted octanol–water partition coefficient (Wildman–Crippen LogP) is 2.05. The second-order valence-corrected chi connectivity index (χ2v) is 5.27. The highest BCUT2D eigenvalue weighted by Gasteiger charge is 2.06. The van der Waals surface area contributed by atoms with Gasteiger partial charge in [-0.1, -0.05) is 0 Å². The SMILES string of the molecule is CSc1cc(CNC(N)=S)cc(SC)c1N. The summed E-state index contributed by atoms with van der Waals surface area (Å²) in [5, 5.41) is 3.25. The third-order valence-electron chi connectivity index (χ3n) is 2.07. The van der Waals surface area contributed by atoms with Gasteiger partial charge in [0.15, 0.2) is 5.11 Å². The summed E-state index contributed by atoms with van der Waals surface area (Å²) in [5.41, 5.74) is 13.4. The zero-order valence-corrected chi connectivity index (χ0v) is 11.7. The fraction of sp³-hybridized carbons (Fsp3) is 0.300. The van der Waals surface area contributed by atoms with Crippen molar-refractivity contribution in [1.29, 1.82) is 0 Å². The molecule has 6 heteroatoms. The molecule has 0 unspecified atom stereocenters. The van der Waals surface area contributed by atoms with Gasteiger partial charge in [-0.15, -0.1) is 23.5 Å². The van der Waals surface area contributed by atoms with E-state index >= 15 is 0 Å². The largest absolute Gasteiger partial charge is 0.397 e. The van der Waals surface area contributed by atoms with Crippen LogP contribution in [0.25, 0.3) is 0 Å². The number of nitrogen functional groups attached to an aromatic ring is 1. The molecule has 1 aromatic carbocycles. The molecular formula is C10H15N3S3. The minimum atomic E-state index is 0.313. The Hall–Kier alpha value is -0.590. The highest BCUT2D eigenvalue weighted by molar-refractivity contribution is 7.99. The molecule has 0 amide bonds. The van der Waals surface area contributed by atoms with Crippen molar-refractivity contribution in [1.82, 2.24) is 5.32 Å². The van der Waals surface area contributed by atoms with Crippen molar-refractivity contribution in [2.24, 2.45) is 5.73 Å². The molecule has 0 aliphatic rings. The molecule has 0 atom stereocenters. The van der Waals surface area contributed by atoms with Crippen molar-refractivity contribution in [3.63, 3.8) is 0 Å². The van der Waals surface area contributed by atoms with E-state index in [-0.39, 0.29) is 0 Å². The lowest BCUT2D eigenvalue weighted by molar-refractivity contribution is 0.911. The van der Waals surface area contributed by atoms with Crippen LogP contribution in [0.15, 0.2) is 21.9 Å². The van der Waals surface area contributed by atoms with E-state index in [0.717, 1.165) is 21.0 Å². The van der Waals surface area contributed by atoms with Crippen LogP contribution in [0.4, 0.5) is 5.69 Å². The average Bonchev–Trinajstić information content (AvgIpc) is 2.27.